The maximum atomic E-state index is 5.36. The second kappa shape index (κ2) is 5.08. The minimum absolute atomic E-state index is 0.440. The summed E-state index contributed by atoms with van der Waals surface area (Å²) in [4.78, 5) is 0. The molecule has 0 fully saturated rings. The average molecular weight is 194 g/mol. The molecule has 0 aliphatic heterocycles. The molecule has 0 amide bonds. The van der Waals surface area contributed by atoms with E-state index in [2.05, 4.69) is 37.3 Å². The third-order valence-electron chi connectivity index (χ3n) is 1.79. The van der Waals surface area contributed by atoms with Crippen LogP contribution in [0.2, 0.25) is 0 Å². The molecule has 0 unspecified atom stereocenters. The maximum Gasteiger partial charge on any atom is 0.178 e. The fourth-order valence-corrected chi connectivity index (χ4v) is 2.95. The molecular weight excluding hydrogens is 180 g/mol. The highest BCUT2D eigenvalue weighted by Crippen LogP contribution is 2.11. The molecule has 0 aliphatic rings. The van der Waals surface area contributed by atoms with Crippen molar-refractivity contribution in [1.29, 1.82) is 0 Å². The van der Waals surface area contributed by atoms with Gasteiger partial charge in [-0.2, -0.15) is 0 Å². The van der Waals surface area contributed by atoms with Gasteiger partial charge >= 0.3 is 0 Å². The molecule has 3 heteroatoms. The SMILES string of the molecule is C/C=C(\[SiH2]O[SiH3])c1ccccc1. The summed E-state index contributed by atoms with van der Waals surface area (Å²) in [6.45, 7) is 2.08. The summed E-state index contributed by atoms with van der Waals surface area (Å²) in [6, 6.07) is 10.5. The average Bonchev–Trinajstić information content (AvgIpc) is 2.15. The van der Waals surface area contributed by atoms with E-state index in [1.54, 1.807) is 0 Å². The van der Waals surface area contributed by atoms with Gasteiger partial charge in [-0.3, -0.25) is 0 Å². The highest BCUT2D eigenvalue weighted by molar-refractivity contribution is 6.58. The van der Waals surface area contributed by atoms with E-state index in [9.17, 15) is 0 Å². The lowest BCUT2D eigenvalue weighted by Gasteiger charge is -2.04. The van der Waals surface area contributed by atoms with Crippen molar-refractivity contribution in [2.24, 2.45) is 0 Å². The molecule has 64 valence electrons. The lowest BCUT2D eigenvalue weighted by molar-refractivity contribution is 0.677. The Bertz CT molecular complexity index is 256. The molecule has 1 aromatic rings. The van der Waals surface area contributed by atoms with E-state index < -0.39 is 9.76 Å². The van der Waals surface area contributed by atoms with Crippen molar-refractivity contribution in [2.75, 3.05) is 0 Å². The topological polar surface area (TPSA) is 9.23 Å². The number of rotatable bonds is 3. The fourth-order valence-electron chi connectivity index (χ4n) is 1.14. The van der Waals surface area contributed by atoms with Gasteiger partial charge < -0.3 is 4.12 Å². The number of hydrogen-bond donors (Lipinski definition) is 0. The summed E-state index contributed by atoms with van der Waals surface area (Å²) in [7, 11) is 0.424. The summed E-state index contributed by atoms with van der Waals surface area (Å²) in [6.07, 6.45) is 2.17. The maximum absolute atomic E-state index is 5.36. The van der Waals surface area contributed by atoms with E-state index >= 15 is 0 Å². The quantitative estimate of drug-likeness (QED) is 0.634. The van der Waals surface area contributed by atoms with Crippen LogP contribution in [0.1, 0.15) is 12.5 Å². The third-order valence-corrected chi connectivity index (χ3v) is 4.08. The molecule has 0 N–H and O–H groups in total. The van der Waals surface area contributed by atoms with Crippen molar-refractivity contribution in [2.45, 2.75) is 6.92 Å². The van der Waals surface area contributed by atoms with Crippen LogP contribution < -0.4 is 0 Å². The van der Waals surface area contributed by atoms with Gasteiger partial charge in [-0.25, -0.2) is 0 Å². The van der Waals surface area contributed by atoms with Crippen molar-refractivity contribution in [3.63, 3.8) is 0 Å². The second-order valence-corrected chi connectivity index (χ2v) is 5.97. The minimum Gasteiger partial charge on any atom is -0.465 e. The van der Waals surface area contributed by atoms with Crippen LogP contribution in [-0.4, -0.2) is 20.2 Å². The van der Waals surface area contributed by atoms with Crippen LogP contribution >= 0.6 is 0 Å². The number of hydrogen-bond acceptors (Lipinski definition) is 1. The first-order valence-corrected chi connectivity index (χ1v) is 6.18. The zero-order valence-electron chi connectivity index (χ0n) is 7.58. The Labute approximate surface area is 78.9 Å². The minimum atomic E-state index is -0.440. The predicted octanol–water partition coefficient (Wildman–Crippen LogP) is 0.428. The first-order chi connectivity index (χ1) is 5.88. The first kappa shape index (κ1) is 9.44. The molecule has 1 rings (SSSR count). The van der Waals surface area contributed by atoms with Crippen LogP contribution in [0.5, 0.6) is 0 Å². The standard InChI is InChI=1S/C9H14OSi2/c1-2-9(12-10-11)8-6-4-3-5-7-8/h2-7H,12H2,1,11H3/b9-2-. The summed E-state index contributed by atoms with van der Waals surface area (Å²) in [5.41, 5.74) is 1.32. The van der Waals surface area contributed by atoms with E-state index in [0.29, 0.717) is 0 Å². The second-order valence-electron chi connectivity index (χ2n) is 2.61. The zero-order valence-corrected chi connectivity index (χ0v) is 11.0. The molecule has 0 radical (unpaired) electrons. The summed E-state index contributed by atoms with van der Waals surface area (Å²) < 4.78 is 5.36. The molecule has 0 saturated heterocycles. The molecule has 0 aliphatic carbocycles. The van der Waals surface area contributed by atoms with Gasteiger partial charge in [-0.05, 0) is 17.7 Å². The molecule has 0 spiro atoms. The third kappa shape index (κ3) is 2.44. The highest BCUT2D eigenvalue weighted by Gasteiger charge is 1.97. The van der Waals surface area contributed by atoms with Crippen LogP contribution in [-0.2, 0) is 4.12 Å². The van der Waals surface area contributed by atoms with E-state index in [1.165, 1.54) is 10.8 Å². The first-order valence-electron chi connectivity index (χ1n) is 4.08. The molecule has 0 aromatic heterocycles. The Morgan fingerprint density at radius 1 is 1.42 bits per heavy atom. The van der Waals surface area contributed by atoms with Gasteiger partial charge in [0.1, 0.15) is 10.5 Å². The zero-order chi connectivity index (χ0) is 8.81. The van der Waals surface area contributed by atoms with Gasteiger partial charge in [0.15, 0.2) is 9.76 Å². The summed E-state index contributed by atoms with van der Waals surface area (Å²) in [5.74, 6) is 0. The van der Waals surface area contributed by atoms with E-state index in [0.717, 1.165) is 10.5 Å². The van der Waals surface area contributed by atoms with Gasteiger partial charge in [0, 0.05) is 0 Å². The smallest absolute Gasteiger partial charge is 0.178 e. The van der Waals surface area contributed by atoms with Crippen molar-refractivity contribution < 1.29 is 4.12 Å². The summed E-state index contributed by atoms with van der Waals surface area (Å²) >= 11 is 0. The Hall–Kier alpha value is -0.646. The fraction of sp³-hybridized carbons (Fsp3) is 0.111. The van der Waals surface area contributed by atoms with Crippen molar-refractivity contribution in [1.82, 2.24) is 0 Å². The number of benzene rings is 1. The van der Waals surface area contributed by atoms with Crippen molar-refractivity contribution in [3.05, 3.63) is 42.0 Å². The molecule has 0 saturated carbocycles. The van der Waals surface area contributed by atoms with Gasteiger partial charge in [-0.15, -0.1) is 0 Å². The Balaban J connectivity index is 2.82. The predicted molar refractivity (Wildman–Crippen MR) is 59.7 cm³/mol. The molecule has 0 atom stereocenters. The molecule has 1 nitrogen and oxygen atoms in total. The molecular formula is C9H14OSi2. The Morgan fingerprint density at radius 3 is 2.58 bits per heavy atom. The number of allylic oxidation sites excluding steroid dienone is 1. The highest BCUT2D eigenvalue weighted by atomic mass is 28.3. The van der Waals surface area contributed by atoms with E-state index in [-0.39, 0.29) is 0 Å². The summed E-state index contributed by atoms with van der Waals surface area (Å²) in [5, 5.41) is 1.41. The van der Waals surface area contributed by atoms with Crippen LogP contribution in [0.25, 0.3) is 5.20 Å². The molecule has 1 aromatic carbocycles. The van der Waals surface area contributed by atoms with Crippen molar-refractivity contribution in [3.8, 4) is 0 Å². The van der Waals surface area contributed by atoms with E-state index in [4.69, 9.17) is 4.12 Å². The normalized spacial score (nSPS) is 12.9. The Morgan fingerprint density at radius 2 is 2.08 bits per heavy atom. The molecule has 0 bridgehead atoms. The molecule has 0 heterocycles. The van der Waals surface area contributed by atoms with Crippen LogP contribution in [0.4, 0.5) is 0 Å². The van der Waals surface area contributed by atoms with Gasteiger partial charge in [0.2, 0.25) is 0 Å². The van der Waals surface area contributed by atoms with Crippen molar-refractivity contribution >= 4 is 25.4 Å². The van der Waals surface area contributed by atoms with Gasteiger partial charge in [0.25, 0.3) is 0 Å². The Kier molecular flexibility index (Phi) is 4.00. The van der Waals surface area contributed by atoms with Crippen LogP contribution in [0, 0.1) is 0 Å². The lowest BCUT2D eigenvalue weighted by Crippen LogP contribution is -1.98. The van der Waals surface area contributed by atoms with Crippen LogP contribution in [0.15, 0.2) is 36.4 Å². The van der Waals surface area contributed by atoms with Gasteiger partial charge in [-0.1, -0.05) is 36.4 Å². The van der Waals surface area contributed by atoms with E-state index in [1.807, 2.05) is 6.07 Å². The largest absolute Gasteiger partial charge is 0.465 e. The lowest BCUT2D eigenvalue weighted by atomic mass is 10.2. The van der Waals surface area contributed by atoms with Crippen LogP contribution in [0.3, 0.4) is 0 Å². The molecule has 12 heavy (non-hydrogen) atoms. The monoisotopic (exact) mass is 194 g/mol. The van der Waals surface area contributed by atoms with Gasteiger partial charge in [0.05, 0.1) is 0 Å².